The van der Waals surface area contributed by atoms with Crippen molar-refractivity contribution >= 4 is 5.90 Å². The topological polar surface area (TPSA) is 21.6 Å². The van der Waals surface area contributed by atoms with Gasteiger partial charge in [-0.15, -0.1) is 0 Å². The fourth-order valence-corrected chi connectivity index (χ4v) is 2.56. The maximum atomic E-state index is 5.66. The molecule has 2 heteroatoms. The van der Waals surface area contributed by atoms with Crippen molar-refractivity contribution in [1.29, 1.82) is 0 Å². The number of ether oxygens (including phenoxy) is 1. The summed E-state index contributed by atoms with van der Waals surface area (Å²) in [5, 5.41) is 0. The molecule has 1 heterocycles. The van der Waals surface area contributed by atoms with Gasteiger partial charge in [0.1, 0.15) is 6.61 Å². The van der Waals surface area contributed by atoms with Crippen LogP contribution in [0.5, 0.6) is 0 Å². The van der Waals surface area contributed by atoms with E-state index in [0.29, 0.717) is 17.9 Å². The monoisotopic (exact) mass is 245 g/mol. The second-order valence-corrected chi connectivity index (χ2v) is 5.28. The van der Waals surface area contributed by atoms with E-state index in [1.54, 1.807) is 0 Å². The Labute approximate surface area is 110 Å². The van der Waals surface area contributed by atoms with Crippen molar-refractivity contribution in [3.63, 3.8) is 0 Å². The molecule has 0 amide bonds. The number of rotatable bonds is 5. The quantitative estimate of drug-likeness (QED) is 0.767. The first-order valence-corrected chi connectivity index (χ1v) is 6.96. The van der Waals surface area contributed by atoms with Gasteiger partial charge in [0.2, 0.25) is 0 Å². The molecule has 3 unspecified atom stereocenters. The van der Waals surface area contributed by atoms with Gasteiger partial charge in [0, 0.05) is 5.92 Å². The maximum absolute atomic E-state index is 5.66. The van der Waals surface area contributed by atoms with Gasteiger partial charge >= 0.3 is 0 Å². The Morgan fingerprint density at radius 2 is 2.06 bits per heavy atom. The predicted molar refractivity (Wildman–Crippen MR) is 76.1 cm³/mol. The number of nitrogens with zero attached hydrogens (tertiary/aromatic N) is 1. The Kier molecular flexibility index (Phi) is 4.40. The van der Waals surface area contributed by atoms with Crippen molar-refractivity contribution in [2.75, 3.05) is 6.61 Å². The molecule has 1 aromatic rings. The van der Waals surface area contributed by atoms with Crippen LogP contribution >= 0.6 is 0 Å². The molecule has 1 aromatic carbocycles. The third-order valence-corrected chi connectivity index (χ3v) is 3.64. The molecule has 0 aromatic heterocycles. The summed E-state index contributed by atoms with van der Waals surface area (Å²) in [7, 11) is 0. The SMILES string of the molecule is CCC(CC(C)C1=NC(C)CO1)c1ccccc1. The van der Waals surface area contributed by atoms with E-state index in [9.17, 15) is 0 Å². The highest BCUT2D eigenvalue weighted by atomic mass is 16.5. The molecule has 1 aliphatic heterocycles. The molecule has 98 valence electrons. The highest BCUT2D eigenvalue weighted by Crippen LogP contribution is 2.28. The highest BCUT2D eigenvalue weighted by Gasteiger charge is 2.23. The number of benzene rings is 1. The summed E-state index contributed by atoms with van der Waals surface area (Å²) in [6.07, 6.45) is 2.28. The van der Waals surface area contributed by atoms with E-state index in [0.717, 1.165) is 25.3 Å². The van der Waals surface area contributed by atoms with E-state index < -0.39 is 0 Å². The Hall–Kier alpha value is -1.31. The third-order valence-electron chi connectivity index (χ3n) is 3.64. The molecule has 1 aliphatic rings. The maximum Gasteiger partial charge on any atom is 0.186 e. The average Bonchev–Trinajstić information content (AvgIpc) is 2.83. The molecule has 0 N–H and O–H groups in total. The van der Waals surface area contributed by atoms with Crippen LogP contribution in [-0.4, -0.2) is 18.5 Å². The Morgan fingerprint density at radius 3 is 2.61 bits per heavy atom. The standard InChI is InChI=1S/C16H23NO/c1-4-14(15-8-6-5-7-9-15)10-12(2)16-17-13(3)11-18-16/h5-9,12-14H,4,10-11H2,1-3H3. The number of hydrogen-bond donors (Lipinski definition) is 0. The normalized spacial score (nSPS) is 22.2. The van der Waals surface area contributed by atoms with Crippen LogP contribution in [0.15, 0.2) is 35.3 Å². The highest BCUT2D eigenvalue weighted by molar-refractivity contribution is 5.79. The molecular weight excluding hydrogens is 222 g/mol. The first-order chi connectivity index (χ1) is 8.70. The van der Waals surface area contributed by atoms with Gasteiger partial charge in [-0.05, 0) is 31.2 Å². The smallest absolute Gasteiger partial charge is 0.186 e. The minimum atomic E-state index is 0.333. The van der Waals surface area contributed by atoms with Gasteiger partial charge in [0.25, 0.3) is 0 Å². The van der Waals surface area contributed by atoms with Crippen LogP contribution in [0.3, 0.4) is 0 Å². The Bertz CT molecular complexity index is 399. The van der Waals surface area contributed by atoms with E-state index in [1.807, 2.05) is 0 Å². The minimum absolute atomic E-state index is 0.333. The molecule has 2 nitrogen and oxygen atoms in total. The van der Waals surface area contributed by atoms with Crippen molar-refractivity contribution in [2.45, 2.75) is 45.6 Å². The van der Waals surface area contributed by atoms with Gasteiger partial charge in [0.15, 0.2) is 5.90 Å². The van der Waals surface area contributed by atoms with Gasteiger partial charge in [0.05, 0.1) is 6.04 Å². The first kappa shape index (κ1) is 13.1. The fraction of sp³-hybridized carbons (Fsp3) is 0.562. The van der Waals surface area contributed by atoms with Crippen LogP contribution in [0.1, 0.15) is 45.1 Å². The van der Waals surface area contributed by atoms with Gasteiger partial charge in [-0.1, -0.05) is 44.2 Å². The zero-order chi connectivity index (χ0) is 13.0. The minimum Gasteiger partial charge on any atom is -0.479 e. The third kappa shape index (κ3) is 3.12. The van der Waals surface area contributed by atoms with E-state index in [1.165, 1.54) is 5.56 Å². The lowest BCUT2D eigenvalue weighted by Gasteiger charge is -2.19. The Balaban J connectivity index is 2.01. The Morgan fingerprint density at radius 1 is 1.33 bits per heavy atom. The van der Waals surface area contributed by atoms with Crippen molar-refractivity contribution in [3.05, 3.63) is 35.9 Å². The van der Waals surface area contributed by atoms with E-state index in [4.69, 9.17) is 4.74 Å². The summed E-state index contributed by atoms with van der Waals surface area (Å²) in [5.74, 6) is 1.97. The zero-order valence-electron chi connectivity index (χ0n) is 11.6. The molecule has 3 atom stereocenters. The predicted octanol–water partition coefficient (Wildman–Crippen LogP) is 4.02. The van der Waals surface area contributed by atoms with Crippen LogP contribution in [0.25, 0.3) is 0 Å². The number of hydrogen-bond acceptors (Lipinski definition) is 2. The fourth-order valence-electron chi connectivity index (χ4n) is 2.56. The largest absolute Gasteiger partial charge is 0.479 e. The molecule has 0 radical (unpaired) electrons. The van der Waals surface area contributed by atoms with Crippen LogP contribution in [0.2, 0.25) is 0 Å². The lowest BCUT2D eigenvalue weighted by Crippen LogP contribution is -2.15. The molecule has 18 heavy (non-hydrogen) atoms. The van der Waals surface area contributed by atoms with Crippen molar-refractivity contribution in [2.24, 2.45) is 10.9 Å². The van der Waals surface area contributed by atoms with Gasteiger partial charge in [-0.25, -0.2) is 4.99 Å². The molecular formula is C16H23NO. The van der Waals surface area contributed by atoms with Gasteiger partial charge < -0.3 is 4.74 Å². The van der Waals surface area contributed by atoms with E-state index in [-0.39, 0.29) is 0 Å². The summed E-state index contributed by atoms with van der Waals surface area (Å²) in [4.78, 5) is 4.56. The number of aliphatic imine (C=N–C) groups is 1. The van der Waals surface area contributed by atoms with Crippen LogP contribution in [-0.2, 0) is 4.74 Å². The lowest BCUT2D eigenvalue weighted by molar-refractivity contribution is 0.299. The van der Waals surface area contributed by atoms with Crippen molar-refractivity contribution in [3.8, 4) is 0 Å². The van der Waals surface area contributed by atoms with Crippen molar-refractivity contribution in [1.82, 2.24) is 0 Å². The molecule has 0 aliphatic carbocycles. The van der Waals surface area contributed by atoms with Gasteiger partial charge in [-0.2, -0.15) is 0 Å². The second kappa shape index (κ2) is 6.03. The summed E-state index contributed by atoms with van der Waals surface area (Å²) < 4.78 is 5.66. The van der Waals surface area contributed by atoms with E-state index in [2.05, 4.69) is 56.1 Å². The van der Waals surface area contributed by atoms with Crippen LogP contribution in [0.4, 0.5) is 0 Å². The lowest BCUT2D eigenvalue weighted by atomic mass is 9.87. The molecule has 0 spiro atoms. The summed E-state index contributed by atoms with van der Waals surface area (Å²) in [6.45, 7) is 7.34. The molecule has 0 saturated carbocycles. The second-order valence-electron chi connectivity index (χ2n) is 5.28. The van der Waals surface area contributed by atoms with Gasteiger partial charge in [-0.3, -0.25) is 0 Å². The van der Waals surface area contributed by atoms with Crippen LogP contribution in [0, 0.1) is 5.92 Å². The average molecular weight is 245 g/mol. The van der Waals surface area contributed by atoms with Crippen molar-refractivity contribution < 1.29 is 4.74 Å². The molecule has 0 fully saturated rings. The summed E-state index contributed by atoms with van der Waals surface area (Å²) >= 11 is 0. The van der Waals surface area contributed by atoms with E-state index >= 15 is 0 Å². The summed E-state index contributed by atoms with van der Waals surface area (Å²) in [6, 6.07) is 11.1. The molecule has 0 bridgehead atoms. The zero-order valence-corrected chi connectivity index (χ0v) is 11.6. The first-order valence-electron chi connectivity index (χ1n) is 6.96. The molecule has 0 saturated heterocycles. The summed E-state index contributed by atoms with van der Waals surface area (Å²) in [5.41, 5.74) is 1.43. The molecule has 2 rings (SSSR count). The van der Waals surface area contributed by atoms with Crippen LogP contribution < -0.4 is 0 Å².